The summed E-state index contributed by atoms with van der Waals surface area (Å²) in [7, 11) is 0. The van der Waals surface area contributed by atoms with Gasteiger partial charge in [-0.1, -0.05) is 12.1 Å². The molecular formula is C18H18N4O3. The number of carbonyl (C=O) groups is 2. The van der Waals surface area contributed by atoms with Crippen LogP contribution in [-0.2, 0) is 11.2 Å². The highest BCUT2D eigenvalue weighted by molar-refractivity contribution is 6.02. The first-order valence-electron chi connectivity index (χ1n) is 8.59. The summed E-state index contributed by atoms with van der Waals surface area (Å²) >= 11 is 0. The van der Waals surface area contributed by atoms with Crippen LogP contribution >= 0.6 is 0 Å². The van der Waals surface area contributed by atoms with Gasteiger partial charge in [-0.25, -0.2) is 0 Å². The molecular weight excluding hydrogens is 320 g/mol. The average Bonchev–Trinajstić information content (AvgIpc) is 2.96. The number of aromatic nitrogens is 2. The predicted octanol–water partition coefficient (Wildman–Crippen LogP) is 1.59. The molecule has 1 aromatic carbocycles. The van der Waals surface area contributed by atoms with Gasteiger partial charge in [0.25, 0.3) is 11.8 Å². The second-order valence-electron chi connectivity index (χ2n) is 7.03. The molecule has 7 heteroatoms. The van der Waals surface area contributed by atoms with Gasteiger partial charge >= 0.3 is 0 Å². The summed E-state index contributed by atoms with van der Waals surface area (Å²) in [6.45, 7) is 0.0900. The minimum absolute atomic E-state index is 0.0900. The van der Waals surface area contributed by atoms with E-state index >= 15 is 0 Å². The largest absolute Gasteiger partial charge is 0.489 e. The van der Waals surface area contributed by atoms with Crippen molar-refractivity contribution in [1.82, 2.24) is 15.5 Å². The molecule has 2 heterocycles. The lowest BCUT2D eigenvalue weighted by molar-refractivity contribution is -0.118. The maximum absolute atomic E-state index is 12.7. The third kappa shape index (κ3) is 2.30. The first-order chi connectivity index (χ1) is 12.2. The zero-order valence-electron chi connectivity index (χ0n) is 13.5. The van der Waals surface area contributed by atoms with Gasteiger partial charge in [0.2, 0.25) is 0 Å². The van der Waals surface area contributed by atoms with Gasteiger partial charge in [-0.2, -0.15) is 5.10 Å². The van der Waals surface area contributed by atoms with Crippen LogP contribution in [0.3, 0.4) is 0 Å². The third-order valence-corrected chi connectivity index (χ3v) is 5.41. The molecule has 2 aromatic rings. The molecule has 1 saturated carbocycles. The Morgan fingerprint density at radius 1 is 1.28 bits per heavy atom. The lowest BCUT2D eigenvalue weighted by Crippen LogP contribution is -2.47. The van der Waals surface area contributed by atoms with Crippen molar-refractivity contribution in [3.8, 4) is 5.75 Å². The van der Waals surface area contributed by atoms with Crippen LogP contribution in [0.2, 0.25) is 0 Å². The van der Waals surface area contributed by atoms with Gasteiger partial charge in [-0.3, -0.25) is 14.7 Å². The summed E-state index contributed by atoms with van der Waals surface area (Å²) < 4.78 is 5.67. The fourth-order valence-corrected chi connectivity index (χ4v) is 4.08. The van der Waals surface area contributed by atoms with E-state index in [9.17, 15) is 9.59 Å². The Hall–Kier alpha value is -2.83. The molecule has 0 unspecified atom stereocenters. The highest BCUT2D eigenvalue weighted by Crippen LogP contribution is 2.50. The van der Waals surface area contributed by atoms with Crippen LogP contribution in [0.15, 0.2) is 24.3 Å². The van der Waals surface area contributed by atoms with Crippen LogP contribution in [-0.4, -0.2) is 34.7 Å². The number of carbonyl (C=O) groups excluding carboxylic acids is 2. The highest BCUT2D eigenvalue weighted by Gasteiger charge is 2.41. The second-order valence-corrected chi connectivity index (χ2v) is 7.03. The minimum Gasteiger partial charge on any atom is -0.489 e. The molecule has 1 aliphatic heterocycles. The Bertz CT molecular complexity index is 869. The number of hydrogen-bond acceptors (Lipinski definition) is 4. The molecule has 3 aliphatic carbocycles. The number of hydrogen-bond donors (Lipinski definition) is 3. The quantitative estimate of drug-likeness (QED) is 0.775. The topological polar surface area (TPSA) is 96.1 Å². The van der Waals surface area contributed by atoms with Crippen LogP contribution in [0.5, 0.6) is 5.75 Å². The summed E-state index contributed by atoms with van der Waals surface area (Å²) in [5.74, 6) is 1.15. The van der Waals surface area contributed by atoms with E-state index in [0.717, 1.165) is 36.4 Å². The van der Waals surface area contributed by atoms with E-state index in [1.165, 1.54) is 0 Å². The lowest BCUT2D eigenvalue weighted by atomic mass is 9.64. The smallest absolute Gasteiger partial charge is 0.272 e. The number of H-pyrrole nitrogens is 1. The summed E-state index contributed by atoms with van der Waals surface area (Å²) in [5, 5.41) is 12.8. The van der Waals surface area contributed by atoms with Gasteiger partial charge in [-0.05, 0) is 43.2 Å². The maximum atomic E-state index is 12.7. The Labute approximate surface area is 144 Å². The molecule has 6 rings (SSSR count). The van der Waals surface area contributed by atoms with E-state index in [0.29, 0.717) is 23.0 Å². The van der Waals surface area contributed by atoms with E-state index in [2.05, 4.69) is 20.8 Å². The number of nitrogens with zero attached hydrogens (tertiary/aromatic N) is 1. The minimum atomic E-state index is -0.759. The van der Waals surface area contributed by atoms with Crippen molar-refractivity contribution in [2.24, 2.45) is 5.92 Å². The van der Waals surface area contributed by atoms with Gasteiger partial charge < -0.3 is 15.4 Å². The zero-order valence-corrected chi connectivity index (χ0v) is 13.5. The SMILES string of the molecule is O=C(N[C@H]1COc2ccccc2NC1=O)c1n[nH]c2c1C1CC(C2)C1. The van der Waals surface area contributed by atoms with Crippen molar-refractivity contribution < 1.29 is 14.3 Å². The fraction of sp³-hybridized carbons (Fsp3) is 0.389. The van der Waals surface area contributed by atoms with Gasteiger partial charge in [0.05, 0.1) is 5.69 Å². The zero-order chi connectivity index (χ0) is 17.0. The Morgan fingerprint density at radius 2 is 2.12 bits per heavy atom. The number of benzene rings is 1. The van der Waals surface area contributed by atoms with Crippen LogP contribution < -0.4 is 15.4 Å². The van der Waals surface area contributed by atoms with E-state index < -0.39 is 6.04 Å². The molecule has 3 N–H and O–H groups in total. The molecule has 0 radical (unpaired) electrons. The summed E-state index contributed by atoms with van der Waals surface area (Å²) in [6.07, 6.45) is 3.23. The molecule has 0 saturated heterocycles. The van der Waals surface area contributed by atoms with Gasteiger partial charge in [0, 0.05) is 11.3 Å². The summed E-state index contributed by atoms with van der Waals surface area (Å²) in [6, 6.07) is 6.46. The lowest BCUT2D eigenvalue weighted by Gasteiger charge is -2.40. The van der Waals surface area contributed by atoms with E-state index in [1.807, 2.05) is 12.1 Å². The molecule has 25 heavy (non-hydrogen) atoms. The molecule has 2 amide bonds. The number of para-hydroxylation sites is 2. The van der Waals surface area contributed by atoms with Crippen LogP contribution in [0.25, 0.3) is 0 Å². The molecule has 1 aromatic heterocycles. The Morgan fingerprint density at radius 3 is 3.00 bits per heavy atom. The number of amides is 2. The van der Waals surface area contributed by atoms with Crippen LogP contribution in [0.4, 0.5) is 5.69 Å². The number of rotatable bonds is 2. The first-order valence-corrected chi connectivity index (χ1v) is 8.59. The van der Waals surface area contributed by atoms with Crippen molar-refractivity contribution in [2.75, 3.05) is 11.9 Å². The van der Waals surface area contributed by atoms with Crippen LogP contribution in [0, 0.1) is 5.92 Å². The van der Waals surface area contributed by atoms with Crippen molar-refractivity contribution in [3.63, 3.8) is 0 Å². The predicted molar refractivity (Wildman–Crippen MR) is 89.6 cm³/mol. The second kappa shape index (κ2) is 5.34. The number of anilines is 1. The molecule has 2 bridgehead atoms. The molecule has 1 atom stereocenters. The van der Waals surface area contributed by atoms with E-state index in [-0.39, 0.29) is 18.4 Å². The van der Waals surface area contributed by atoms with Gasteiger partial charge in [0.15, 0.2) is 5.69 Å². The van der Waals surface area contributed by atoms with Crippen molar-refractivity contribution in [2.45, 2.75) is 31.2 Å². The summed E-state index contributed by atoms with van der Waals surface area (Å²) in [4.78, 5) is 25.1. The molecule has 0 spiro atoms. The van der Waals surface area contributed by atoms with Gasteiger partial charge in [-0.15, -0.1) is 0 Å². The average molecular weight is 338 g/mol. The van der Waals surface area contributed by atoms with Crippen LogP contribution in [0.1, 0.15) is 40.5 Å². The molecule has 4 aliphatic rings. The Balaban J connectivity index is 1.35. The summed E-state index contributed by atoms with van der Waals surface area (Å²) in [5.41, 5.74) is 3.15. The molecule has 7 nitrogen and oxygen atoms in total. The number of nitrogens with one attached hydrogen (secondary N) is 3. The van der Waals surface area contributed by atoms with Crippen molar-refractivity contribution >= 4 is 17.5 Å². The highest BCUT2D eigenvalue weighted by atomic mass is 16.5. The molecule has 1 fully saturated rings. The monoisotopic (exact) mass is 338 g/mol. The van der Waals surface area contributed by atoms with Crippen molar-refractivity contribution in [3.05, 3.63) is 41.2 Å². The maximum Gasteiger partial charge on any atom is 0.272 e. The van der Waals surface area contributed by atoms with Gasteiger partial charge in [0.1, 0.15) is 18.4 Å². The molecule has 128 valence electrons. The third-order valence-electron chi connectivity index (χ3n) is 5.41. The number of ether oxygens (including phenoxy) is 1. The Kier molecular flexibility index (Phi) is 3.10. The first kappa shape index (κ1) is 14.5. The van der Waals surface area contributed by atoms with E-state index in [4.69, 9.17) is 4.74 Å². The standard InChI is InChI=1S/C18H18N4O3/c23-17-13(8-25-14-4-2-1-3-11(14)19-17)20-18(24)16-15-10-5-9(6-10)7-12(15)21-22-16/h1-4,9-10,13H,5-8H2,(H,19,23)(H,20,24)(H,21,22)/t9?,10?,13-/m0/s1. The normalized spacial score (nSPS) is 26.2. The van der Waals surface area contributed by atoms with Crippen molar-refractivity contribution in [1.29, 1.82) is 0 Å². The fourth-order valence-electron chi connectivity index (χ4n) is 4.08. The number of aromatic amines is 1. The number of fused-ring (bicyclic) bond motifs is 1. The van der Waals surface area contributed by atoms with E-state index in [1.54, 1.807) is 12.1 Å².